The highest BCUT2D eigenvalue weighted by molar-refractivity contribution is 7.99. The normalized spacial score (nSPS) is 14.3. The molecule has 0 saturated carbocycles. The zero-order valence-corrected chi connectivity index (χ0v) is 12.9. The van der Waals surface area contributed by atoms with Crippen molar-refractivity contribution in [3.63, 3.8) is 0 Å². The summed E-state index contributed by atoms with van der Waals surface area (Å²) in [5, 5.41) is 11.8. The van der Waals surface area contributed by atoms with E-state index >= 15 is 0 Å². The first kappa shape index (κ1) is 16.2. The highest BCUT2D eigenvalue weighted by Crippen LogP contribution is 2.25. The molecule has 1 saturated heterocycles. The van der Waals surface area contributed by atoms with Crippen LogP contribution in [0.2, 0.25) is 0 Å². The molecule has 1 aromatic carbocycles. The first-order chi connectivity index (χ1) is 10.6. The van der Waals surface area contributed by atoms with Gasteiger partial charge < -0.3 is 14.7 Å². The molecule has 1 heterocycles. The zero-order chi connectivity index (χ0) is 15.9. The standard InChI is InChI=1S/C15H18N2O4S/c1-2-7-21-15(20)16-13-4-3-11(10-12(13)14(18)19)17-5-8-22-9-6-17/h2-4,10H,1,5-9H2,(H,16,20)(H,18,19). The Bertz CT molecular complexity index is 571. The summed E-state index contributed by atoms with van der Waals surface area (Å²) in [7, 11) is 0. The second-order valence-electron chi connectivity index (χ2n) is 4.65. The van der Waals surface area contributed by atoms with Crippen molar-refractivity contribution in [3.05, 3.63) is 36.4 Å². The van der Waals surface area contributed by atoms with Gasteiger partial charge in [0.2, 0.25) is 0 Å². The van der Waals surface area contributed by atoms with Crippen molar-refractivity contribution in [1.82, 2.24) is 0 Å². The molecule has 0 bridgehead atoms. The van der Waals surface area contributed by atoms with Crippen LogP contribution in [0.15, 0.2) is 30.9 Å². The summed E-state index contributed by atoms with van der Waals surface area (Å²) in [6, 6.07) is 4.99. The lowest BCUT2D eigenvalue weighted by Crippen LogP contribution is -2.32. The zero-order valence-electron chi connectivity index (χ0n) is 12.1. The van der Waals surface area contributed by atoms with Gasteiger partial charge in [-0.15, -0.1) is 0 Å². The predicted octanol–water partition coefficient (Wildman–Crippen LogP) is 2.67. The van der Waals surface area contributed by atoms with Gasteiger partial charge in [-0.3, -0.25) is 5.32 Å². The van der Waals surface area contributed by atoms with E-state index in [1.807, 2.05) is 17.8 Å². The highest BCUT2D eigenvalue weighted by Gasteiger charge is 2.17. The molecule has 1 aromatic rings. The van der Waals surface area contributed by atoms with Crippen LogP contribution < -0.4 is 10.2 Å². The maximum atomic E-state index is 11.5. The molecule has 0 aliphatic carbocycles. The Hall–Kier alpha value is -2.15. The molecule has 0 aromatic heterocycles. The molecule has 0 spiro atoms. The maximum absolute atomic E-state index is 11.5. The van der Waals surface area contributed by atoms with Crippen LogP contribution in [-0.4, -0.2) is 48.4 Å². The summed E-state index contributed by atoms with van der Waals surface area (Å²) in [5.74, 6) is 0.958. The second kappa shape index (κ2) is 7.74. The summed E-state index contributed by atoms with van der Waals surface area (Å²) in [4.78, 5) is 25.1. The van der Waals surface area contributed by atoms with E-state index in [4.69, 9.17) is 4.74 Å². The number of thioether (sulfide) groups is 1. The van der Waals surface area contributed by atoms with Gasteiger partial charge in [-0.25, -0.2) is 9.59 Å². The van der Waals surface area contributed by atoms with E-state index in [9.17, 15) is 14.7 Å². The molecule has 2 N–H and O–H groups in total. The lowest BCUT2D eigenvalue weighted by Gasteiger charge is -2.29. The van der Waals surface area contributed by atoms with Crippen LogP contribution >= 0.6 is 11.8 Å². The minimum absolute atomic E-state index is 0.0475. The predicted molar refractivity (Wildman–Crippen MR) is 88.1 cm³/mol. The van der Waals surface area contributed by atoms with Crippen LogP contribution in [0.3, 0.4) is 0 Å². The number of nitrogens with zero attached hydrogens (tertiary/aromatic N) is 1. The third-order valence-electron chi connectivity index (χ3n) is 3.18. The lowest BCUT2D eigenvalue weighted by molar-refractivity contribution is 0.0698. The smallest absolute Gasteiger partial charge is 0.411 e. The molecule has 1 fully saturated rings. The molecule has 2 rings (SSSR count). The quantitative estimate of drug-likeness (QED) is 0.812. The van der Waals surface area contributed by atoms with Crippen LogP contribution in [0.4, 0.5) is 16.2 Å². The number of anilines is 2. The molecule has 0 radical (unpaired) electrons. The fourth-order valence-electron chi connectivity index (χ4n) is 2.12. The summed E-state index contributed by atoms with van der Waals surface area (Å²) >= 11 is 1.88. The van der Waals surface area contributed by atoms with Gasteiger partial charge in [0.1, 0.15) is 6.61 Å². The number of hydrogen-bond acceptors (Lipinski definition) is 5. The minimum atomic E-state index is -1.09. The van der Waals surface area contributed by atoms with Crippen molar-refractivity contribution in [1.29, 1.82) is 0 Å². The number of carboxylic acids is 1. The van der Waals surface area contributed by atoms with Crippen LogP contribution in [0, 0.1) is 0 Å². The minimum Gasteiger partial charge on any atom is -0.478 e. The van der Waals surface area contributed by atoms with E-state index in [0.29, 0.717) is 0 Å². The number of nitrogens with one attached hydrogen (secondary N) is 1. The Balaban J connectivity index is 2.17. The fourth-order valence-corrected chi connectivity index (χ4v) is 3.02. The van der Waals surface area contributed by atoms with Gasteiger partial charge in [0, 0.05) is 30.3 Å². The number of amides is 1. The number of hydrogen-bond donors (Lipinski definition) is 2. The van der Waals surface area contributed by atoms with Crippen LogP contribution in [0.5, 0.6) is 0 Å². The van der Waals surface area contributed by atoms with E-state index in [0.717, 1.165) is 30.3 Å². The Morgan fingerprint density at radius 3 is 2.77 bits per heavy atom. The molecule has 118 valence electrons. The van der Waals surface area contributed by atoms with Gasteiger partial charge in [-0.05, 0) is 18.2 Å². The Labute approximate surface area is 133 Å². The van der Waals surface area contributed by atoms with Gasteiger partial charge >= 0.3 is 12.1 Å². The number of rotatable bonds is 5. The van der Waals surface area contributed by atoms with Gasteiger partial charge in [-0.1, -0.05) is 12.7 Å². The third-order valence-corrected chi connectivity index (χ3v) is 4.12. The lowest BCUT2D eigenvalue weighted by atomic mass is 10.1. The van der Waals surface area contributed by atoms with Crippen LogP contribution in [-0.2, 0) is 4.74 Å². The summed E-state index contributed by atoms with van der Waals surface area (Å²) in [5.41, 5.74) is 1.12. The highest BCUT2D eigenvalue weighted by atomic mass is 32.2. The molecule has 0 atom stereocenters. The molecular formula is C15H18N2O4S. The van der Waals surface area contributed by atoms with E-state index in [1.54, 1.807) is 12.1 Å². The van der Waals surface area contributed by atoms with Crippen molar-refractivity contribution in [2.45, 2.75) is 0 Å². The molecule has 0 unspecified atom stereocenters. The van der Waals surface area contributed by atoms with E-state index < -0.39 is 12.1 Å². The molecule has 1 amide bonds. The number of carbonyl (C=O) groups is 2. The van der Waals surface area contributed by atoms with Crippen molar-refractivity contribution < 1.29 is 19.4 Å². The summed E-state index contributed by atoms with van der Waals surface area (Å²) in [6.07, 6.45) is 0.735. The van der Waals surface area contributed by atoms with Crippen molar-refractivity contribution in [2.24, 2.45) is 0 Å². The van der Waals surface area contributed by atoms with Gasteiger partial charge in [-0.2, -0.15) is 11.8 Å². The third kappa shape index (κ3) is 4.17. The molecule has 6 nitrogen and oxygen atoms in total. The number of ether oxygens (including phenoxy) is 1. The Morgan fingerprint density at radius 1 is 1.41 bits per heavy atom. The Morgan fingerprint density at radius 2 is 2.14 bits per heavy atom. The van der Waals surface area contributed by atoms with Crippen LogP contribution in [0.25, 0.3) is 0 Å². The topological polar surface area (TPSA) is 78.9 Å². The summed E-state index contributed by atoms with van der Waals surface area (Å²) in [6.45, 7) is 5.28. The largest absolute Gasteiger partial charge is 0.478 e. The van der Waals surface area contributed by atoms with Crippen LogP contribution in [0.1, 0.15) is 10.4 Å². The SMILES string of the molecule is C=CCOC(=O)Nc1ccc(N2CCSCC2)cc1C(=O)O. The number of aromatic carboxylic acids is 1. The van der Waals surface area contributed by atoms with E-state index in [1.165, 1.54) is 6.08 Å². The van der Waals surface area contributed by atoms with Gasteiger partial charge in [0.25, 0.3) is 0 Å². The van der Waals surface area contributed by atoms with Gasteiger partial charge in [0.15, 0.2) is 0 Å². The average molecular weight is 322 g/mol. The fraction of sp³-hybridized carbons (Fsp3) is 0.333. The summed E-state index contributed by atoms with van der Waals surface area (Å²) < 4.78 is 4.80. The van der Waals surface area contributed by atoms with Crippen molar-refractivity contribution in [2.75, 3.05) is 41.4 Å². The monoisotopic (exact) mass is 322 g/mol. The number of benzene rings is 1. The first-order valence-corrected chi connectivity index (χ1v) is 8.02. The molecular weight excluding hydrogens is 304 g/mol. The van der Waals surface area contributed by atoms with Crippen molar-refractivity contribution >= 4 is 35.2 Å². The Kier molecular flexibility index (Phi) is 5.71. The van der Waals surface area contributed by atoms with Crippen molar-refractivity contribution in [3.8, 4) is 0 Å². The maximum Gasteiger partial charge on any atom is 0.411 e. The number of carbonyl (C=O) groups excluding carboxylic acids is 1. The molecule has 1 aliphatic heterocycles. The molecule has 22 heavy (non-hydrogen) atoms. The molecule has 7 heteroatoms. The average Bonchev–Trinajstić information content (AvgIpc) is 2.54. The second-order valence-corrected chi connectivity index (χ2v) is 5.87. The van der Waals surface area contributed by atoms with E-state index in [-0.39, 0.29) is 17.9 Å². The van der Waals surface area contributed by atoms with E-state index in [2.05, 4.69) is 16.8 Å². The number of carboxylic acid groups (broad SMARTS) is 1. The van der Waals surface area contributed by atoms with Gasteiger partial charge in [0.05, 0.1) is 11.3 Å². The molecule has 1 aliphatic rings. The first-order valence-electron chi connectivity index (χ1n) is 6.86.